The van der Waals surface area contributed by atoms with Crippen molar-refractivity contribution in [2.45, 2.75) is 31.2 Å². The van der Waals surface area contributed by atoms with E-state index in [1.54, 1.807) is 12.1 Å². The molecule has 0 heterocycles. The van der Waals surface area contributed by atoms with E-state index in [-0.39, 0.29) is 11.1 Å². The van der Waals surface area contributed by atoms with Crippen LogP contribution in [0, 0.1) is 5.82 Å². The summed E-state index contributed by atoms with van der Waals surface area (Å²) in [7, 11) is 0. The predicted molar refractivity (Wildman–Crippen MR) is 80.5 cm³/mol. The van der Waals surface area contributed by atoms with E-state index in [1.165, 1.54) is 30.9 Å². The van der Waals surface area contributed by atoms with Gasteiger partial charge in [0, 0.05) is 0 Å². The van der Waals surface area contributed by atoms with Crippen molar-refractivity contribution in [2.75, 3.05) is 0 Å². The molecular formula is C17H17ClFN. The zero-order valence-electron chi connectivity index (χ0n) is 11.2. The topological polar surface area (TPSA) is 26.0 Å². The van der Waals surface area contributed by atoms with Gasteiger partial charge in [0.2, 0.25) is 0 Å². The van der Waals surface area contributed by atoms with Gasteiger partial charge < -0.3 is 5.73 Å². The highest BCUT2D eigenvalue weighted by Crippen LogP contribution is 2.36. The Morgan fingerprint density at radius 1 is 1.05 bits per heavy atom. The van der Waals surface area contributed by atoms with Gasteiger partial charge in [-0.2, -0.15) is 0 Å². The van der Waals surface area contributed by atoms with Gasteiger partial charge in [0.1, 0.15) is 5.82 Å². The molecule has 0 aliphatic heterocycles. The van der Waals surface area contributed by atoms with E-state index in [9.17, 15) is 4.39 Å². The van der Waals surface area contributed by atoms with E-state index in [2.05, 4.69) is 12.1 Å². The summed E-state index contributed by atoms with van der Waals surface area (Å²) >= 11 is 5.69. The average molecular weight is 290 g/mol. The van der Waals surface area contributed by atoms with Crippen molar-refractivity contribution in [1.82, 2.24) is 0 Å². The second-order valence-electron chi connectivity index (χ2n) is 5.45. The Morgan fingerprint density at radius 2 is 1.70 bits per heavy atom. The number of hydrogen-bond acceptors (Lipinski definition) is 1. The van der Waals surface area contributed by atoms with Crippen molar-refractivity contribution in [3.8, 4) is 0 Å². The summed E-state index contributed by atoms with van der Waals surface area (Å²) in [4.78, 5) is 0. The first kappa shape index (κ1) is 13.6. The summed E-state index contributed by atoms with van der Waals surface area (Å²) in [6, 6.07) is 12.8. The van der Waals surface area contributed by atoms with E-state index in [4.69, 9.17) is 17.3 Å². The van der Waals surface area contributed by atoms with Gasteiger partial charge in [-0.3, -0.25) is 0 Å². The molecule has 20 heavy (non-hydrogen) atoms. The van der Waals surface area contributed by atoms with Crippen LogP contribution < -0.4 is 5.73 Å². The standard InChI is InChI=1S/C17H17ClFN/c18-15-9-8-14(10-16(15)19)17(20)13-6-4-12(5-7-13)11-2-1-3-11/h4-11,17H,1-3,20H2. The SMILES string of the molecule is NC(c1ccc(C2CCC2)cc1)c1ccc(Cl)c(F)c1. The zero-order valence-corrected chi connectivity index (χ0v) is 11.9. The Kier molecular flexibility index (Phi) is 3.77. The maximum atomic E-state index is 13.5. The first-order valence-electron chi connectivity index (χ1n) is 6.95. The molecule has 1 aliphatic carbocycles. The van der Waals surface area contributed by atoms with Crippen LogP contribution in [0.15, 0.2) is 42.5 Å². The van der Waals surface area contributed by atoms with Crippen LogP contribution in [0.3, 0.4) is 0 Å². The fourth-order valence-electron chi connectivity index (χ4n) is 2.62. The number of benzene rings is 2. The van der Waals surface area contributed by atoms with Crippen LogP contribution in [0.2, 0.25) is 5.02 Å². The molecule has 1 fully saturated rings. The third kappa shape index (κ3) is 2.58. The Balaban J connectivity index is 1.82. The van der Waals surface area contributed by atoms with Gasteiger partial charge in [0.15, 0.2) is 0 Å². The Hall–Kier alpha value is -1.38. The number of nitrogens with two attached hydrogens (primary N) is 1. The van der Waals surface area contributed by atoms with Crippen LogP contribution in [0.25, 0.3) is 0 Å². The first-order valence-corrected chi connectivity index (χ1v) is 7.33. The van der Waals surface area contributed by atoms with Crippen molar-refractivity contribution in [2.24, 2.45) is 5.73 Å². The van der Waals surface area contributed by atoms with Gasteiger partial charge in [-0.05, 0) is 47.6 Å². The number of hydrogen-bond donors (Lipinski definition) is 1. The molecule has 2 aromatic rings. The molecule has 1 nitrogen and oxygen atoms in total. The molecule has 3 rings (SSSR count). The van der Waals surface area contributed by atoms with Gasteiger partial charge in [0.25, 0.3) is 0 Å². The summed E-state index contributed by atoms with van der Waals surface area (Å²) in [5, 5.41) is 0.126. The third-order valence-electron chi connectivity index (χ3n) is 4.17. The molecule has 2 aromatic carbocycles. The van der Waals surface area contributed by atoms with Crippen LogP contribution in [0.4, 0.5) is 4.39 Å². The summed E-state index contributed by atoms with van der Waals surface area (Å²) < 4.78 is 13.5. The molecule has 0 spiro atoms. The lowest BCUT2D eigenvalue weighted by atomic mass is 9.79. The number of rotatable bonds is 3. The largest absolute Gasteiger partial charge is 0.320 e. The fourth-order valence-corrected chi connectivity index (χ4v) is 2.73. The smallest absolute Gasteiger partial charge is 0.142 e. The lowest BCUT2D eigenvalue weighted by Gasteiger charge is -2.26. The summed E-state index contributed by atoms with van der Waals surface area (Å²) in [5.41, 5.74) is 9.32. The van der Waals surface area contributed by atoms with Crippen LogP contribution >= 0.6 is 11.6 Å². The van der Waals surface area contributed by atoms with Gasteiger partial charge in [-0.25, -0.2) is 4.39 Å². The van der Waals surface area contributed by atoms with Crippen molar-refractivity contribution in [3.63, 3.8) is 0 Å². The summed E-state index contributed by atoms with van der Waals surface area (Å²) in [6.45, 7) is 0. The van der Waals surface area contributed by atoms with Crippen molar-refractivity contribution < 1.29 is 4.39 Å². The third-order valence-corrected chi connectivity index (χ3v) is 4.48. The lowest BCUT2D eigenvalue weighted by molar-refractivity contribution is 0.419. The maximum Gasteiger partial charge on any atom is 0.142 e. The van der Waals surface area contributed by atoms with Gasteiger partial charge in [0.05, 0.1) is 11.1 Å². The van der Waals surface area contributed by atoms with E-state index >= 15 is 0 Å². The van der Waals surface area contributed by atoms with E-state index < -0.39 is 5.82 Å². The molecule has 0 saturated heterocycles. The molecule has 1 atom stereocenters. The van der Waals surface area contributed by atoms with Crippen LogP contribution in [0.1, 0.15) is 47.9 Å². The minimum absolute atomic E-state index is 0.126. The number of halogens is 2. The molecule has 2 N–H and O–H groups in total. The summed E-state index contributed by atoms with van der Waals surface area (Å²) in [5.74, 6) is 0.291. The minimum atomic E-state index is -0.425. The average Bonchev–Trinajstić information content (AvgIpc) is 2.40. The van der Waals surface area contributed by atoms with Crippen LogP contribution in [-0.2, 0) is 0 Å². The van der Waals surface area contributed by atoms with Crippen LogP contribution in [-0.4, -0.2) is 0 Å². The fraction of sp³-hybridized carbons (Fsp3) is 0.294. The maximum absolute atomic E-state index is 13.5. The second kappa shape index (κ2) is 5.55. The van der Waals surface area contributed by atoms with Crippen molar-refractivity contribution in [3.05, 3.63) is 70.0 Å². The quantitative estimate of drug-likeness (QED) is 0.863. The molecular weight excluding hydrogens is 273 g/mol. The molecule has 0 aromatic heterocycles. The highest BCUT2D eigenvalue weighted by Gasteiger charge is 2.19. The molecule has 1 saturated carbocycles. The molecule has 104 valence electrons. The minimum Gasteiger partial charge on any atom is -0.320 e. The Morgan fingerprint density at radius 3 is 2.25 bits per heavy atom. The summed E-state index contributed by atoms with van der Waals surface area (Å²) in [6.07, 6.45) is 3.90. The highest BCUT2D eigenvalue weighted by molar-refractivity contribution is 6.30. The molecule has 3 heteroatoms. The molecule has 0 amide bonds. The monoisotopic (exact) mass is 289 g/mol. The second-order valence-corrected chi connectivity index (χ2v) is 5.85. The first-order chi connectivity index (χ1) is 9.65. The van der Waals surface area contributed by atoms with Crippen molar-refractivity contribution >= 4 is 11.6 Å². The van der Waals surface area contributed by atoms with Gasteiger partial charge >= 0.3 is 0 Å². The lowest BCUT2D eigenvalue weighted by Crippen LogP contribution is -2.13. The van der Waals surface area contributed by atoms with Gasteiger partial charge in [-0.1, -0.05) is 48.4 Å². The molecule has 1 aliphatic rings. The Labute approximate surface area is 123 Å². The normalized spacial score (nSPS) is 16.8. The molecule has 0 radical (unpaired) electrons. The van der Waals surface area contributed by atoms with E-state index in [0.717, 1.165) is 11.1 Å². The van der Waals surface area contributed by atoms with E-state index in [1.807, 2.05) is 12.1 Å². The predicted octanol–water partition coefficient (Wildman–Crippen LogP) is 4.79. The Bertz CT molecular complexity index is 605. The van der Waals surface area contributed by atoms with Crippen molar-refractivity contribution in [1.29, 1.82) is 0 Å². The van der Waals surface area contributed by atoms with Crippen LogP contribution in [0.5, 0.6) is 0 Å². The highest BCUT2D eigenvalue weighted by atomic mass is 35.5. The molecule has 0 bridgehead atoms. The zero-order chi connectivity index (χ0) is 14.1. The van der Waals surface area contributed by atoms with Gasteiger partial charge in [-0.15, -0.1) is 0 Å². The van der Waals surface area contributed by atoms with E-state index in [0.29, 0.717) is 5.92 Å². The molecule has 1 unspecified atom stereocenters.